The minimum atomic E-state index is 0.0327. The number of hydrogen-bond acceptors (Lipinski definition) is 1. The van der Waals surface area contributed by atoms with Crippen LogP contribution in [0.2, 0.25) is 0 Å². The highest BCUT2D eigenvalue weighted by Gasteiger charge is 2.13. The SMILES string of the molecule is CC(C)(C)N=C1C=C(c2ccccc2)CCC1. The molecule has 1 aromatic rings. The molecule has 0 N–H and O–H groups in total. The van der Waals surface area contributed by atoms with Gasteiger partial charge in [0.25, 0.3) is 0 Å². The van der Waals surface area contributed by atoms with Gasteiger partial charge in [-0.2, -0.15) is 0 Å². The maximum atomic E-state index is 4.78. The summed E-state index contributed by atoms with van der Waals surface area (Å²) in [4.78, 5) is 4.78. The molecule has 1 nitrogen and oxygen atoms in total. The summed E-state index contributed by atoms with van der Waals surface area (Å²) in [6.45, 7) is 6.47. The van der Waals surface area contributed by atoms with Gasteiger partial charge in [0.2, 0.25) is 0 Å². The van der Waals surface area contributed by atoms with Crippen LogP contribution in [0, 0.1) is 0 Å². The molecule has 17 heavy (non-hydrogen) atoms. The Bertz CT molecular complexity index is 432. The lowest BCUT2D eigenvalue weighted by molar-refractivity contribution is 0.581. The lowest BCUT2D eigenvalue weighted by atomic mass is 9.92. The zero-order valence-corrected chi connectivity index (χ0v) is 11.0. The zero-order valence-electron chi connectivity index (χ0n) is 11.0. The van der Waals surface area contributed by atoms with E-state index in [4.69, 9.17) is 4.99 Å². The quantitative estimate of drug-likeness (QED) is 0.670. The molecule has 0 unspecified atom stereocenters. The molecule has 1 aromatic carbocycles. The van der Waals surface area contributed by atoms with Gasteiger partial charge in [0.1, 0.15) is 0 Å². The smallest absolute Gasteiger partial charge is 0.0527 e. The Labute approximate surface area is 104 Å². The van der Waals surface area contributed by atoms with Crippen molar-refractivity contribution < 1.29 is 0 Å². The van der Waals surface area contributed by atoms with Crippen LogP contribution in [0.25, 0.3) is 5.57 Å². The molecule has 1 heteroatoms. The summed E-state index contributed by atoms with van der Waals surface area (Å²) < 4.78 is 0. The van der Waals surface area contributed by atoms with E-state index in [-0.39, 0.29) is 5.54 Å². The topological polar surface area (TPSA) is 12.4 Å². The second-order valence-corrected chi connectivity index (χ2v) is 5.66. The van der Waals surface area contributed by atoms with Gasteiger partial charge in [0.05, 0.1) is 5.54 Å². The fourth-order valence-electron chi connectivity index (χ4n) is 2.20. The van der Waals surface area contributed by atoms with Gasteiger partial charge in [0, 0.05) is 5.71 Å². The molecule has 0 radical (unpaired) electrons. The Kier molecular flexibility index (Phi) is 3.46. The van der Waals surface area contributed by atoms with E-state index in [9.17, 15) is 0 Å². The van der Waals surface area contributed by atoms with Crippen molar-refractivity contribution in [3.8, 4) is 0 Å². The van der Waals surface area contributed by atoms with Crippen LogP contribution in [-0.4, -0.2) is 11.3 Å². The zero-order chi connectivity index (χ0) is 12.3. The predicted molar refractivity (Wildman–Crippen MR) is 75.5 cm³/mol. The van der Waals surface area contributed by atoms with Crippen molar-refractivity contribution >= 4 is 11.3 Å². The first-order valence-corrected chi connectivity index (χ1v) is 6.39. The predicted octanol–water partition coefficient (Wildman–Crippen LogP) is 4.49. The van der Waals surface area contributed by atoms with Crippen LogP contribution in [0.3, 0.4) is 0 Å². The van der Waals surface area contributed by atoms with E-state index in [1.54, 1.807) is 0 Å². The van der Waals surface area contributed by atoms with E-state index >= 15 is 0 Å². The van der Waals surface area contributed by atoms with E-state index in [1.807, 2.05) is 0 Å². The maximum absolute atomic E-state index is 4.78. The average Bonchev–Trinajstić information content (AvgIpc) is 2.28. The highest BCUT2D eigenvalue weighted by Crippen LogP contribution is 2.26. The molecule has 0 atom stereocenters. The summed E-state index contributed by atoms with van der Waals surface area (Å²) in [5, 5.41) is 0. The third-order valence-corrected chi connectivity index (χ3v) is 2.84. The molecule has 0 heterocycles. The molecular formula is C16H21N. The van der Waals surface area contributed by atoms with E-state index in [2.05, 4.69) is 57.2 Å². The maximum Gasteiger partial charge on any atom is 0.0527 e. The van der Waals surface area contributed by atoms with Crippen LogP contribution < -0.4 is 0 Å². The summed E-state index contributed by atoms with van der Waals surface area (Å²) in [6, 6.07) is 10.6. The fraction of sp³-hybridized carbons (Fsp3) is 0.438. The molecule has 0 fully saturated rings. The van der Waals surface area contributed by atoms with Crippen molar-refractivity contribution in [1.29, 1.82) is 0 Å². The van der Waals surface area contributed by atoms with Crippen molar-refractivity contribution in [3.63, 3.8) is 0 Å². The Balaban J connectivity index is 2.28. The number of nitrogens with zero attached hydrogens (tertiary/aromatic N) is 1. The van der Waals surface area contributed by atoms with Gasteiger partial charge in [-0.25, -0.2) is 0 Å². The molecular weight excluding hydrogens is 206 g/mol. The highest BCUT2D eigenvalue weighted by atomic mass is 14.8. The van der Waals surface area contributed by atoms with Gasteiger partial charge in [-0.15, -0.1) is 0 Å². The van der Waals surface area contributed by atoms with Gasteiger partial charge in [-0.05, 0) is 57.2 Å². The van der Waals surface area contributed by atoms with Gasteiger partial charge in [0.15, 0.2) is 0 Å². The second kappa shape index (κ2) is 4.87. The van der Waals surface area contributed by atoms with Crippen molar-refractivity contribution in [1.82, 2.24) is 0 Å². The lowest BCUT2D eigenvalue weighted by Crippen LogP contribution is -2.15. The van der Waals surface area contributed by atoms with Crippen LogP contribution in [-0.2, 0) is 0 Å². The molecule has 0 saturated carbocycles. The van der Waals surface area contributed by atoms with Gasteiger partial charge < -0.3 is 0 Å². The van der Waals surface area contributed by atoms with E-state index in [1.165, 1.54) is 29.7 Å². The first kappa shape index (κ1) is 12.1. The minimum absolute atomic E-state index is 0.0327. The molecule has 0 aromatic heterocycles. The van der Waals surface area contributed by atoms with Crippen molar-refractivity contribution in [3.05, 3.63) is 42.0 Å². The molecule has 0 spiro atoms. The van der Waals surface area contributed by atoms with Crippen LogP contribution in [0.4, 0.5) is 0 Å². The normalized spacial score (nSPS) is 19.2. The van der Waals surface area contributed by atoms with Gasteiger partial charge >= 0.3 is 0 Å². The van der Waals surface area contributed by atoms with Crippen molar-refractivity contribution in [2.24, 2.45) is 4.99 Å². The van der Waals surface area contributed by atoms with Gasteiger partial charge in [-0.3, -0.25) is 4.99 Å². The number of hydrogen-bond donors (Lipinski definition) is 0. The van der Waals surface area contributed by atoms with Crippen molar-refractivity contribution in [2.75, 3.05) is 0 Å². The third-order valence-electron chi connectivity index (χ3n) is 2.84. The molecule has 0 saturated heterocycles. The van der Waals surface area contributed by atoms with Crippen LogP contribution in [0.5, 0.6) is 0 Å². The molecule has 0 amide bonds. The molecule has 0 aliphatic heterocycles. The van der Waals surface area contributed by atoms with E-state index in [0.29, 0.717) is 0 Å². The lowest BCUT2D eigenvalue weighted by Gasteiger charge is -2.19. The molecule has 1 aliphatic carbocycles. The Hall–Kier alpha value is -1.37. The Morgan fingerprint density at radius 2 is 1.71 bits per heavy atom. The minimum Gasteiger partial charge on any atom is -0.284 e. The third kappa shape index (κ3) is 3.55. The van der Waals surface area contributed by atoms with Crippen LogP contribution >= 0.6 is 0 Å². The standard InChI is InChI=1S/C16H21N/c1-16(2,3)17-15-11-7-10-14(12-15)13-8-5-4-6-9-13/h4-6,8-9,12H,7,10-11H2,1-3H3. The largest absolute Gasteiger partial charge is 0.284 e. The first-order valence-electron chi connectivity index (χ1n) is 6.39. The highest BCUT2D eigenvalue weighted by molar-refractivity contribution is 6.02. The average molecular weight is 227 g/mol. The van der Waals surface area contributed by atoms with Crippen LogP contribution in [0.1, 0.15) is 45.6 Å². The Morgan fingerprint density at radius 3 is 2.35 bits per heavy atom. The summed E-state index contributed by atoms with van der Waals surface area (Å²) >= 11 is 0. The van der Waals surface area contributed by atoms with E-state index < -0.39 is 0 Å². The molecule has 1 aliphatic rings. The van der Waals surface area contributed by atoms with E-state index in [0.717, 1.165) is 6.42 Å². The fourth-order valence-corrected chi connectivity index (χ4v) is 2.20. The monoisotopic (exact) mass is 227 g/mol. The molecule has 90 valence electrons. The summed E-state index contributed by atoms with van der Waals surface area (Å²) in [7, 11) is 0. The van der Waals surface area contributed by atoms with Gasteiger partial charge in [-0.1, -0.05) is 30.3 Å². The molecule has 0 bridgehead atoms. The first-order chi connectivity index (χ1) is 8.04. The summed E-state index contributed by atoms with van der Waals surface area (Å²) in [5.41, 5.74) is 4.06. The van der Waals surface area contributed by atoms with Crippen molar-refractivity contribution in [2.45, 2.75) is 45.6 Å². The number of rotatable bonds is 1. The summed E-state index contributed by atoms with van der Waals surface area (Å²) in [6.07, 6.45) is 5.79. The summed E-state index contributed by atoms with van der Waals surface area (Å²) in [5.74, 6) is 0. The van der Waals surface area contributed by atoms with Crippen LogP contribution in [0.15, 0.2) is 41.4 Å². The number of allylic oxidation sites excluding steroid dienone is 2. The molecule has 2 rings (SSSR count). The number of benzene rings is 1. The Morgan fingerprint density at radius 1 is 1.00 bits per heavy atom. The number of aliphatic imine (C=N–C) groups is 1. The second-order valence-electron chi connectivity index (χ2n) is 5.66.